The largest absolute Gasteiger partial charge is 0.486 e. The van der Waals surface area contributed by atoms with Crippen molar-refractivity contribution in [3.8, 4) is 23.1 Å². The maximum absolute atomic E-state index is 9.64. The van der Waals surface area contributed by atoms with Crippen LogP contribution in [-0.4, -0.2) is 14.5 Å². The third kappa shape index (κ3) is 4.48. The monoisotopic (exact) mass is 412 g/mol. The van der Waals surface area contributed by atoms with Gasteiger partial charge >= 0.3 is 0 Å². The fourth-order valence-electron chi connectivity index (χ4n) is 2.91. The Balaban J connectivity index is 1.48. The van der Waals surface area contributed by atoms with Crippen LogP contribution in [0.1, 0.15) is 22.0 Å². The highest BCUT2D eigenvalue weighted by Gasteiger charge is 2.09. The first kappa shape index (κ1) is 19.6. The van der Waals surface area contributed by atoms with Gasteiger partial charge in [-0.15, -0.1) is 11.3 Å². The Morgan fingerprint density at radius 2 is 1.93 bits per heavy atom. The third-order valence-corrected chi connectivity index (χ3v) is 5.56. The number of hydrogen-bond acceptors (Lipinski definition) is 5. The van der Waals surface area contributed by atoms with Gasteiger partial charge < -0.3 is 9.30 Å². The van der Waals surface area contributed by atoms with Crippen LogP contribution >= 0.6 is 11.3 Å². The molecule has 6 heteroatoms. The van der Waals surface area contributed by atoms with E-state index in [0.29, 0.717) is 17.2 Å². The number of nitrogens with zero attached hydrogens (tertiary/aromatic N) is 4. The molecule has 0 saturated heterocycles. The van der Waals surface area contributed by atoms with Gasteiger partial charge in [-0.1, -0.05) is 42.0 Å². The van der Waals surface area contributed by atoms with E-state index in [1.54, 1.807) is 6.20 Å². The van der Waals surface area contributed by atoms with Crippen LogP contribution in [0.3, 0.4) is 0 Å². The first-order valence-corrected chi connectivity index (χ1v) is 10.3. The van der Waals surface area contributed by atoms with Crippen molar-refractivity contribution >= 4 is 23.0 Å². The molecule has 0 radical (unpaired) electrons. The zero-order valence-electron chi connectivity index (χ0n) is 16.7. The molecule has 0 bridgehead atoms. The van der Waals surface area contributed by atoms with Crippen molar-refractivity contribution in [2.24, 2.45) is 7.05 Å². The van der Waals surface area contributed by atoms with Gasteiger partial charge in [0.05, 0.1) is 11.3 Å². The van der Waals surface area contributed by atoms with Gasteiger partial charge in [0.2, 0.25) is 0 Å². The summed E-state index contributed by atoms with van der Waals surface area (Å²) in [4.78, 5) is 8.90. The number of aryl methyl sites for hydroxylation is 2. The number of rotatable bonds is 6. The Labute approximate surface area is 179 Å². The summed E-state index contributed by atoms with van der Waals surface area (Å²) in [5.74, 6) is 1.61. The summed E-state index contributed by atoms with van der Waals surface area (Å²) < 4.78 is 7.71. The molecule has 0 saturated carbocycles. The number of aromatic nitrogens is 3. The van der Waals surface area contributed by atoms with E-state index in [4.69, 9.17) is 4.74 Å². The van der Waals surface area contributed by atoms with Gasteiger partial charge in [0.25, 0.3) is 0 Å². The number of hydrogen-bond donors (Lipinski definition) is 0. The van der Waals surface area contributed by atoms with Crippen molar-refractivity contribution in [3.63, 3.8) is 0 Å². The highest BCUT2D eigenvalue weighted by molar-refractivity contribution is 7.11. The summed E-state index contributed by atoms with van der Waals surface area (Å²) in [6, 6.07) is 18.1. The summed E-state index contributed by atoms with van der Waals surface area (Å²) in [5.41, 5.74) is 4.60. The summed E-state index contributed by atoms with van der Waals surface area (Å²) in [5, 5.41) is 12.3. The lowest BCUT2D eigenvalue weighted by Gasteiger charge is -2.06. The van der Waals surface area contributed by atoms with E-state index in [9.17, 15) is 5.26 Å². The minimum atomic E-state index is 0.406. The first-order valence-electron chi connectivity index (χ1n) is 9.46. The van der Waals surface area contributed by atoms with Gasteiger partial charge in [-0.25, -0.2) is 9.97 Å². The summed E-state index contributed by atoms with van der Waals surface area (Å²) in [7, 11) is 1.94. The standard InChI is InChI=1S/C24H20N4OS/c1-17-3-7-19(8-4-17)22-16-30-24(27-22)20(14-25)13-18-5-9-21(10-6-18)29-15-23-26-11-12-28(23)2/h3-13,16H,15H2,1-2H3/b20-13-. The van der Waals surface area contributed by atoms with Crippen molar-refractivity contribution in [2.75, 3.05) is 0 Å². The van der Waals surface area contributed by atoms with Crippen molar-refractivity contribution in [3.05, 3.63) is 88.3 Å². The molecule has 4 aromatic rings. The summed E-state index contributed by atoms with van der Waals surface area (Å²) in [6.07, 6.45) is 5.48. The molecule has 2 heterocycles. The van der Waals surface area contributed by atoms with Crippen molar-refractivity contribution in [1.82, 2.24) is 14.5 Å². The smallest absolute Gasteiger partial charge is 0.146 e. The quantitative estimate of drug-likeness (QED) is 0.393. The highest BCUT2D eigenvalue weighted by atomic mass is 32.1. The SMILES string of the molecule is Cc1ccc(-c2csc(/C(C#N)=C\c3ccc(OCc4nccn4C)cc3)n2)cc1. The lowest BCUT2D eigenvalue weighted by Crippen LogP contribution is -2.02. The van der Waals surface area contributed by atoms with Crippen LogP contribution in [0.4, 0.5) is 0 Å². The molecule has 0 spiro atoms. The molecule has 0 N–H and O–H groups in total. The van der Waals surface area contributed by atoms with Crippen LogP contribution in [-0.2, 0) is 13.7 Å². The van der Waals surface area contributed by atoms with E-state index in [-0.39, 0.29) is 0 Å². The average molecular weight is 413 g/mol. The van der Waals surface area contributed by atoms with Crippen LogP contribution in [0.15, 0.2) is 66.3 Å². The molecule has 0 aliphatic carbocycles. The van der Waals surface area contributed by atoms with Gasteiger partial charge in [-0.3, -0.25) is 0 Å². The molecule has 0 fully saturated rings. The number of nitriles is 1. The minimum absolute atomic E-state index is 0.406. The van der Waals surface area contributed by atoms with E-state index in [1.807, 2.05) is 65.7 Å². The Kier molecular flexibility index (Phi) is 5.73. The van der Waals surface area contributed by atoms with Gasteiger partial charge in [0, 0.05) is 30.4 Å². The molecule has 30 heavy (non-hydrogen) atoms. The van der Waals surface area contributed by atoms with E-state index >= 15 is 0 Å². The maximum atomic E-state index is 9.64. The second-order valence-electron chi connectivity index (χ2n) is 6.89. The fourth-order valence-corrected chi connectivity index (χ4v) is 3.70. The lowest BCUT2D eigenvalue weighted by molar-refractivity contribution is 0.292. The molecule has 5 nitrogen and oxygen atoms in total. The minimum Gasteiger partial charge on any atom is -0.486 e. The fraction of sp³-hybridized carbons (Fsp3) is 0.125. The second kappa shape index (κ2) is 8.76. The van der Waals surface area contributed by atoms with Crippen LogP contribution in [0.25, 0.3) is 22.9 Å². The number of allylic oxidation sites excluding steroid dienone is 1. The second-order valence-corrected chi connectivity index (χ2v) is 7.74. The predicted molar refractivity (Wildman–Crippen MR) is 120 cm³/mol. The summed E-state index contributed by atoms with van der Waals surface area (Å²) in [6.45, 7) is 2.46. The molecule has 2 aromatic heterocycles. The molecule has 0 amide bonds. The zero-order valence-corrected chi connectivity index (χ0v) is 17.6. The summed E-state index contributed by atoms with van der Waals surface area (Å²) >= 11 is 1.48. The molecule has 0 aliphatic heterocycles. The van der Waals surface area contributed by atoms with E-state index in [2.05, 4.69) is 35.1 Å². The van der Waals surface area contributed by atoms with Gasteiger partial charge in [-0.2, -0.15) is 5.26 Å². The van der Waals surface area contributed by atoms with Crippen LogP contribution < -0.4 is 4.74 Å². The molecule has 4 rings (SSSR count). The Morgan fingerprint density at radius 1 is 1.17 bits per heavy atom. The lowest BCUT2D eigenvalue weighted by atomic mass is 10.1. The Hall–Kier alpha value is -3.69. The van der Waals surface area contributed by atoms with Gasteiger partial charge in [0.1, 0.15) is 29.3 Å². The van der Waals surface area contributed by atoms with Gasteiger partial charge in [0.15, 0.2) is 0 Å². The first-order chi connectivity index (χ1) is 14.6. The topological polar surface area (TPSA) is 63.7 Å². The number of ether oxygens (including phenoxy) is 1. The highest BCUT2D eigenvalue weighted by Crippen LogP contribution is 2.27. The molecule has 0 unspecified atom stereocenters. The number of thiazole rings is 1. The number of benzene rings is 2. The molecule has 0 aliphatic rings. The Morgan fingerprint density at radius 3 is 2.60 bits per heavy atom. The number of imidazole rings is 1. The molecule has 2 aromatic carbocycles. The van der Waals surface area contributed by atoms with Crippen molar-refractivity contribution in [2.45, 2.75) is 13.5 Å². The maximum Gasteiger partial charge on any atom is 0.146 e. The van der Waals surface area contributed by atoms with Gasteiger partial charge in [-0.05, 0) is 30.7 Å². The molecule has 148 valence electrons. The third-order valence-electron chi connectivity index (χ3n) is 4.68. The normalized spacial score (nSPS) is 11.3. The van der Waals surface area contributed by atoms with Crippen molar-refractivity contribution < 1.29 is 4.74 Å². The molecule has 0 atom stereocenters. The molecular weight excluding hydrogens is 392 g/mol. The van der Waals surface area contributed by atoms with Crippen molar-refractivity contribution in [1.29, 1.82) is 5.26 Å². The van der Waals surface area contributed by atoms with Crippen LogP contribution in [0, 0.1) is 18.3 Å². The van der Waals surface area contributed by atoms with E-state index in [0.717, 1.165) is 28.4 Å². The van der Waals surface area contributed by atoms with Crippen LogP contribution in [0.5, 0.6) is 5.75 Å². The zero-order chi connectivity index (χ0) is 20.9. The predicted octanol–water partition coefficient (Wildman–Crippen LogP) is 5.50. The van der Waals surface area contributed by atoms with Crippen LogP contribution in [0.2, 0.25) is 0 Å². The van der Waals surface area contributed by atoms with E-state index < -0.39 is 0 Å². The average Bonchev–Trinajstić information content (AvgIpc) is 3.41. The molecular formula is C24H20N4OS. The Bertz CT molecular complexity index is 1210. The van der Waals surface area contributed by atoms with E-state index in [1.165, 1.54) is 16.9 Å².